The van der Waals surface area contributed by atoms with Crippen LogP contribution in [0.1, 0.15) is 22.4 Å². The van der Waals surface area contributed by atoms with Crippen molar-refractivity contribution in [3.63, 3.8) is 0 Å². The lowest BCUT2D eigenvalue weighted by atomic mass is 10.0. The summed E-state index contributed by atoms with van der Waals surface area (Å²) in [5.41, 5.74) is 5.33. The number of hydrogen-bond acceptors (Lipinski definition) is 1. The zero-order chi connectivity index (χ0) is 10.7. The molecule has 0 aliphatic heterocycles. The van der Waals surface area contributed by atoms with E-state index in [0.29, 0.717) is 0 Å². The molecule has 1 heterocycles. The Bertz CT molecular complexity index is 430. The van der Waals surface area contributed by atoms with Crippen molar-refractivity contribution in [2.24, 2.45) is 0 Å². The van der Waals surface area contributed by atoms with Crippen LogP contribution >= 0.6 is 0 Å². The van der Waals surface area contributed by atoms with E-state index in [2.05, 4.69) is 42.0 Å². The summed E-state index contributed by atoms with van der Waals surface area (Å²) in [6.07, 6.45) is 5.72. The van der Waals surface area contributed by atoms with E-state index in [1.165, 1.54) is 22.4 Å². The average molecular weight is 200 g/mol. The second kappa shape index (κ2) is 4.30. The quantitative estimate of drug-likeness (QED) is 0.811. The Labute approximate surface area is 90.4 Å². The van der Waals surface area contributed by atoms with Crippen molar-refractivity contribution in [2.75, 3.05) is 0 Å². The predicted molar refractivity (Wildman–Crippen MR) is 61.9 cm³/mol. The van der Waals surface area contributed by atoms with Gasteiger partial charge in [0.25, 0.3) is 0 Å². The Kier molecular flexibility index (Phi) is 2.86. The molecule has 0 amide bonds. The summed E-state index contributed by atoms with van der Waals surface area (Å²) in [7, 11) is 0. The van der Waals surface area contributed by atoms with Crippen molar-refractivity contribution in [3.8, 4) is 0 Å². The Morgan fingerprint density at radius 3 is 2.67 bits per heavy atom. The number of aromatic nitrogens is 2. The Hall–Kier alpha value is -1.57. The van der Waals surface area contributed by atoms with E-state index in [-0.39, 0.29) is 0 Å². The van der Waals surface area contributed by atoms with Crippen molar-refractivity contribution >= 4 is 0 Å². The minimum Gasteiger partial charge on any atom is -0.348 e. The molecule has 0 spiro atoms. The molecular formula is C13H16N2. The molecule has 0 bridgehead atoms. The van der Waals surface area contributed by atoms with Gasteiger partial charge in [0.2, 0.25) is 0 Å². The Morgan fingerprint density at radius 2 is 2.00 bits per heavy atom. The highest BCUT2D eigenvalue weighted by Crippen LogP contribution is 2.11. The molecule has 1 N–H and O–H groups in total. The number of nitrogens with zero attached hydrogens (tertiary/aromatic N) is 1. The topological polar surface area (TPSA) is 28.7 Å². The normalized spacial score (nSPS) is 10.5. The van der Waals surface area contributed by atoms with Gasteiger partial charge in [0.05, 0.1) is 6.33 Å². The van der Waals surface area contributed by atoms with E-state index in [4.69, 9.17) is 0 Å². The van der Waals surface area contributed by atoms with Gasteiger partial charge in [0.1, 0.15) is 0 Å². The second-order valence-corrected chi connectivity index (χ2v) is 4.00. The molecular weight excluding hydrogens is 184 g/mol. The molecule has 0 saturated carbocycles. The van der Waals surface area contributed by atoms with Gasteiger partial charge in [0.15, 0.2) is 0 Å². The van der Waals surface area contributed by atoms with Crippen LogP contribution in [0.2, 0.25) is 0 Å². The molecule has 0 fully saturated rings. The maximum Gasteiger partial charge on any atom is 0.0921 e. The van der Waals surface area contributed by atoms with Gasteiger partial charge in [0, 0.05) is 11.9 Å². The predicted octanol–water partition coefficient (Wildman–Crippen LogP) is 2.81. The van der Waals surface area contributed by atoms with Crippen LogP contribution in [0.4, 0.5) is 0 Å². The number of benzene rings is 1. The first-order valence-electron chi connectivity index (χ1n) is 5.29. The SMILES string of the molecule is Cc1ccc(CCc2cnc[nH]2)cc1C. The fourth-order valence-electron chi connectivity index (χ4n) is 1.66. The molecule has 0 atom stereocenters. The zero-order valence-electron chi connectivity index (χ0n) is 9.25. The van der Waals surface area contributed by atoms with Crippen LogP contribution in [0.5, 0.6) is 0 Å². The molecule has 15 heavy (non-hydrogen) atoms. The summed E-state index contributed by atoms with van der Waals surface area (Å²) in [5, 5.41) is 0. The smallest absolute Gasteiger partial charge is 0.0921 e. The van der Waals surface area contributed by atoms with Gasteiger partial charge in [-0.25, -0.2) is 4.98 Å². The summed E-state index contributed by atoms with van der Waals surface area (Å²) in [4.78, 5) is 7.13. The molecule has 1 aromatic heterocycles. The largest absolute Gasteiger partial charge is 0.348 e. The summed E-state index contributed by atoms with van der Waals surface area (Å²) in [6.45, 7) is 4.31. The average Bonchev–Trinajstić information content (AvgIpc) is 2.73. The third kappa shape index (κ3) is 2.46. The first-order chi connectivity index (χ1) is 7.25. The van der Waals surface area contributed by atoms with Gasteiger partial charge in [-0.2, -0.15) is 0 Å². The summed E-state index contributed by atoms with van der Waals surface area (Å²) < 4.78 is 0. The van der Waals surface area contributed by atoms with E-state index in [1.807, 2.05) is 6.20 Å². The third-order valence-corrected chi connectivity index (χ3v) is 2.81. The highest BCUT2D eigenvalue weighted by molar-refractivity contribution is 5.30. The van der Waals surface area contributed by atoms with E-state index in [0.717, 1.165) is 12.8 Å². The lowest BCUT2D eigenvalue weighted by Gasteiger charge is -2.04. The Morgan fingerprint density at radius 1 is 1.13 bits per heavy atom. The summed E-state index contributed by atoms with van der Waals surface area (Å²) in [6, 6.07) is 6.67. The standard InChI is InChI=1S/C13H16N2/c1-10-3-4-12(7-11(10)2)5-6-13-8-14-9-15-13/h3-4,7-9H,5-6H2,1-2H3,(H,14,15). The first-order valence-corrected chi connectivity index (χ1v) is 5.29. The number of imidazole rings is 1. The van der Waals surface area contributed by atoms with E-state index < -0.39 is 0 Å². The van der Waals surface area contributed by atoms with Crippen molar-refractivity contribution in [2.45, 2.75) is 26.7 Å². The molecule has 0 radical (unpaired) electrons. The van der Waals surface area contributed by atoms with E-state index >= 15 is 0 Å². The number of aryl methyl sites for hydroxylation is 4. The minimum absolute atomic E-state index is 1.03. The van der Waals surface area contributed by atoms with Crippen LogP contribution < -0.4 is 0 Å². The fraction of sp³-hybridized carbons (Fsp3) is 0.308. The van der Waals surface area contributed by atoms with Crippen LogP contribution in [-0.4, -0.2) is 9.97 Å². The molecule has 2 heteroatoms. The number of aromatic amines is 1. The van der Waals surface area contributed by atoms with Crippen LogP contribution in [0.25, 0.3) is 0 Å². The second-order valence-electron chi connectivity index (χ2n) is 4.00. The third-order valence-electron chi connectivity index (χ3n) is 2.81. The maximum absolute atomic E-state index is 4.01. The summed E-state index contributed by atoms with van der Waals surface area (Å²) in [5.74, 6) is 0. The maximum atomic E-state index is 4.01. The molecule has 2 rings (SSSR count). The van der Waals surface area contributed by atoms with Gasteiger partial charge in [-0.15, -0.1) is 0 Å². The molecule has 0 aliphatic carbocycles. The molecule has 0 unspecified atom stereocenters. The van der Waals surface area contributed by atoms with Crippen molar-refractivity contribution in [1.29, 1.82) is 0 Å². The van der Waals surface area contributed by atoms with E-state index in [1.54, 1.807) is 6.33 Å². The van der Waals surface area contributed by atoms with Crippen molar-refractivity contribution in [1.82, 2.24) is 9.97 Å². The van der Waals surface area contributed by atoms with Gasteiger partial charge in [-0.1, -0.05) is 18.2 Å². The first kappa shape index (κ1) is 9.97. The molecule has 0 aliphatic rings. The number of nitrogens with one attached hydrogen (secondary N) is 1. The minimum atomic E-state index is 1.03. The number of hydrogen-bond donors (Lipinski definition) is 1. The monoisotopic (exact) mass is 200 g/mol. The van der Waals surface area contributed by atoms with Crippen LogP contribution in [-0.2, 0) is 12.8 Å². The lowest BCUT2D eigenvalue weighted by Crippen LogP contribution is -1.93. The van der Waals surface area contributed by atoms with Gasteiger partial charge < -0.3 is 4.98 Å². The van der Waals surface area contributed by atoms with Crippen LogP contribution in [0, 0.1) is 13.8 Å². The molecule has 2 aromatic rings. The zero-order valence-corrected chi connectivity index (χ0v) is 9.25. The fourth-order valence-corrected chi connectivity index (χ4v) is 1.66. The van der Waals surface area contributed by atoms with Gasteiger partial charge in [-0.05, 0) is 43.4 Å². The highest BCUT2D eigenvalue weighted by atomic mass is 14.9. The van der Waals surface area contributed by atoms with Gasteiger partial charge in [-0.3, -0.25) is 0 Å². The van der Waals surface area contributed by atoms with Gasteiger partial charge >= 0.3 is 0 Å². The molecule has 1 aromatic carbocycles. The van der Waals surface area contributed by atoms with Crippen molar-refractivity contribution in [3.05, 3.63) is 53.1 Å². The van der Waals surface area contributed by atoms with Crippen LogP contribution in [0.15, 0.2) is 30.7 Å². The van der Waals surface area contributed by atoms with Crippen molar-refractivity contribution < 1.29 is 0 Å². The highest BCUT2D eigenvalue weighted by Gasteiger charge is 1.98. The Balaban J connectivity index is 2.02. The molecule has 2 nitrogen and oxygen atoms in total. The number of rotatable bonds is 3. The van der Waals surface area contributed by atoms with E-state index in [9.17, 15) is 0 Å². The lowest BCUT2D eigenvalue weighted by molar-refractivity contribution is 0.923. The van der Waals surface area contributed by atoms with Crippen LogP contribution in [0.3, 0.4) is 0 Å². The molecule has 0 saturated heterocycles. The molecule has 78 valence electrons. The summed E-state index contributed by atoms with van der Waals surface area (Å²) >= 11 is 0. The number of H-pyrrole nitrogens is 1.